The van der Waals surface area contributed by atoms with E-state index in [9.17, 15) is 5.11 Å². The van der Waals surface area contributed by atoms with E-state index in [1.54, 1.807) is 0 Å². The average molecular weight is 290 g/mol. The molecule has 2 rings (SSSR count). The smallest absolute Gasteiger partial charge is 0.0854 e. The summed E-state index contributed by atoms with van der Waals surface area (Å²) in [6.07, 6.45) is 0.762. The van der Waals surface area contributed by atoms with Crippen molar-refractivity contribution in [1.29, 1.82) is 0 Å². The van der Waals surface area contributed by atoms with E-state index in [1.165, 1.54) is 5.56 Å². The highest BCUT2D eigenvalue weighted by Crippen LogP contribution is 2.32. The zero-order chi connectivity index (χ0) is 14.6. The molecule has 2 aromatic carbocycles. The summed E-state index contributed by atoms with van der Waals surface area (Å²) >= 11 is 6.21. The van der Waals surface area contributed by atoms with Crippen LogP contribution in [-0.4, -0.2) is 11.7 Å². The van der Waals surface area contributed by atoms with Crippen molar-refractivity contribution in [3.8, 4) is 0 Å². The highest BCUT2D eigenvalue weighted by atomic mass is 35.5. The van der Waals surface area contributed by atoms with Crippen LogP contribution < -0.4 is 5.32 Å². The van der Waals surface area contributed by atoms with Gasteiger partial charge in [-0.05, 0) is 31.0 Å². The SMILES string of the molecule is CCC(CO)(Nc1ccccc1Cl)c1ccc(C)cc1. The molecule has 1 unspecified atom stereocenters. The highest BCUT2D eigenvalue weighted by molar-refractivity contribution is 6.33. The Hall–Kier alpha value is -1.51. The number of nitrogens with one attached hydrogen (secondary N) is 1. The lowest BCUT2D eigenvalue weighted by molar-refractivity contribution is 0.207. The first-order chi connectivity index (χ1) is 9.61. The molecular formula is C17H20ClNO. The van der Waals surface area contributed by atoms with E-state index in [4.69, 9.17) is 11.6 Å². The van der Waals surface area contributed by atoms with Gasteiger partial charge >= 0.3 is 0 Å². The number of aliphatic hydroxyl groups excluding tert-OH is 1. The molecule has 1 atom stereocenters. The number of rotatable bonds is 5. The largest absolute Gasteiger partial charge is 0.394 e. The summed E-state index contributed by atoms with van der Waals surface area (Å²) in [4.78, 5) is 0. The Labute approximate surface area is 125 Å². The third-order valence-corrected chi connectivity index (χ3v) is 4.06. The number of aryl methyl sites for hydroxylation is 1. The van der Waals surface area contributed by atoms with Crippen LogP contribution in [0, 0.1) is 6.92 Å². The molecule has 0 aliphatic heterocycles. The number of hydrogen-bond donors (Lipinski definition) is 2. The fraction of sp³-hybridized carbons (Fsp3) is 0.294. The van der Waals surface area contributed by atoms with Crippen LogP contribution in [0.25, 0.3) is 0 Å². The van der Waals surface area contributed by atoms with Gasteiger partial charge in [0.1, 0.15) is 0 Å². The molecule has 2 N–H and O–H groups in total. The molecule has 0 aliphatic carbocycles. The molecule has 0 fully saturated rings. The first-order valence-electron chi connectivity index (χ1n) is 6.82. The zero-order valence-corrected chi connectivity index (χ0v) is 12.6. The predicted octanol–water partition coefficient (Wildman–Crippen LogP) is 4.36. The summed E-state index contributed by atoms with van der Waals surface area (Å²) in [6, 6.07) is 15.8. The van der Waals surface area contributed by atoms with E-state index in [1.807, 2.05) is 24.3 Å². The monoisotopic (exact) mass is 289 g/mol. The van der Waals surface area contributed by atoms with Crippen LogP contribution in [0.3, 0.4) is 0 Å². The van der Waals surface area contributed by atoms with Crippen molar-refractivity contribution in [2.24, 2.45) is 0 Å². The first kappa shape index (κ1) is 14.9. The zero-order valence-electron chi connectivity index (χ0n) is 11.9. The molecule has 2 aromatic rings. The van der Waals surface area contributed by atoms with Crippen molar-refractivity contribution >= 4 is 17.3 Å². The topological polar surface area (TPSA) is 32.3 Å². The summed E-state index contributed by atoms with van der Waals surface area (Å²) < 4.78 is 0. The van der Waals surface area contributed by atoms with Gasteiger partial charge in [0.05, 0.1) is 22.9 Å². The Kier molecular flexibility index (Phi) is 4.69. The number of para-hydroxylation sites is 1. The third-order valence-electron chi connectivity index (χ3n) is 3.73. The maximum absolute atomic E-state index is 9.95. The van der Waals surface area contributed by atoms with Crippen LogP contribution in [0.1, 0.15) is 24.5 Å². The van der Waals surface area contributed by atoms with Crippen LogP contribution in [0.15, 0.2) is 48.5 Å². The van der Waals surface area contributed by atoms with Crippen molar-refractivity contribution in [3.05, 3.63) is 64.7 Å². The van der Waals surface area contributed by atoms with Crippen molar-refractivity contribution in [2.45, 2.75) is 25.8 Å². The van der Waals surface area contributed by atoms with Gasteiger partial charge in [0.2, 0.25) is 0 Å². The maximum atomic E-state index is 9.95. The van der Waals surface area contributed by atoms with Gasteiger partial charge in [-0.3, -0.25) is 0 Å². The second-order valence-corrected chi connectivity index (χ2v) is 5.47. The second-order valence-electron chi connectivity index (χ2n) is 5.06. The van der Waals surface area contributed by atoms with Crippen LogP contribution in [-0.2, 0) is 5.54 Å². The fourth-order valence-corrected chi connectivity index (χ4v) is 2.48. The molecular weight excluding hydrogens is 270 g/mol. The number of aliphatic hydroxyl groups is 1. The van der Waals surface area contributed by atoms with Gasteiger partial charge in [-0.2, -0.15) is 0 Å². The van der Waals surface area contributed by atoms with Gasteiger partial charge in [-0.15, -0.1) is 0 Å². The summed E-state index contributed by atoms with van der Waals surface area (Å²) in [6.45, 7) is 4.12. The highest BCUT2D eigenvalue weighted by Gasteiger charge is 2.29. The normalized spacial score (nSPS) is 13.8. The molecule has 0 amide bonds. The lowest BCUT2D eigenvalue weighted by Crippen LogP contribution is -2.38. The average Bonchev–Trinajstić information content (AvgIpc) is 2.48. The Morgan fingerprint density at radius 1 is 1.10 bits per heavy atom. The van der Waals surface area contributed by atoms with Crippen molar-refractivity contribution in [3.63, 3.8) is 0 Å². The van der Waals surface area contributed by atoms with Gasteiger partial charge in [0.25, 0.3) is 0 Å². The van der Waals surface area contributed by atoms with E-state index < -0.39 is 5.54 Å². The Morgan fingerprint density at radius 3 is 2.30 bits per heavy atom. The van der Waals surface area contributed by atoms with Gasteiger partial charge in [0, 0.05) is 0 Å². The molecule has 0 spiro atoms. The minimum atomic E-state index is -0.515. The van der Waals surface area contributed by atoms with Crippen LogP contribution in [0.4, 0.5) is 5.69 Å². The summed E-state index contributed by atoms with van der Waals surface area (Å²) in [5.74, 6) is 0. The maximum Gasteiger partial charge on any atom is 0.0854 e. The quantitative estimate of drug-likeness (QED) is 0.857. The minimum Gasteiger partial charge on any atom is -0.394 e. The van der Waals surface area contributed by atoms with Crippen molar-refractivity contribution < 1.29 is 5.11 Å². The van der Waals surface area contributed by atoms with Crippen LogP contribution >= 0.6 is 11.6 Å². The standard InChI is InChI=1S/C17H20ClNO/c1-3-17(12-20,14-10-8-13(2)9-11-14)19-16-7-5-4-6-15(16)18/h4-11,19-20H,3,12H2,1-2H3. The lowest BCUT2D eigenvalue weighted by atomic mass is 9.87. The van der Waals surface area contributed by atoms with Crippen LogP contribution in [0.5, 0.6) is 0 Å². The molecule has 0 aromatic heterocycles. The Bertz CT molecular complexity index is 561. The lowest BCUT2D eigenvalue weighted by Gasteiger charge is -2.34. The van der Waals surface area contributed by atoms with E-state index >= 15 is 0 Å². The molecule has 0 heterocycles. The first-order valence-corrected chi connectivity index (χ1v) is 7.20. The Balaban J connectivity index is 2.39. The minimum absolute atomic E-state index is 0.0117. The number of halogens is 1. The van der Waals surface area contributed by atoms with Gasteiger partial charge in [0.15, 0.2) is 0 Å². The molecule has 3 heteroatoms. The van der Waals surface area contributed by atoms with E-state index in [0.29, 0.717) is 5.02 Å². The molecule has 20 heavy (non-hydrogen) atoms. The van der Waals surface area contributed by atoms with E-state index in [-0.39, 0.29) is 6.61 Å². The summed E-state index contributed by atoms with van der Waals surface area (Å²) in [5.41, 5.74) is 2.59. The third kappa shape index (κ3) is 2.97. The molecule has 0 radical (unpaired) electrons. The molecule has 106 valence electrons. The number of hydrogen-bond acceptors (Lipinski definition) is 2. The van der Waals surface area contributed by atoms with Gasteiger partial charge < -0.3 is 10.4 Å². The number of benzene rings is 2. The van der Waals surface area contributed by atoms with E-state index in [2.05, 4.69) is 43.4 Å². The molecule has 0 saturated heterocycles. The second kappa shape index (κ2) is 6.29. The molecule has 0 aliphatic rings. The summed E-state index contributed by atoms with van der Waals surface area (Å²) in [5, 5.41) is 14.0. The van der Waals surface area contributed by atoms with Gasteiger partial charge in [-0.25, -0.2) is 0 Å². The summed E-state index contributed by atoms with van der Waals surface area (Å²) in [7, 11) is 0. The molecule has 0 bridgehead atoms. The molecule has 2 nitrogen and oxygen atoms in total. The fourth-order valence-electron chi connectivity index (χ4n) is 2.30. The Morgan fingerprint density at radius 2 is 1.75 bits per heavy atom. The van der Waals surface area contributed by atoms with E-state index in [0.717, 1.165) is 17.7 Å². The molecule has 0 saturated carbocycles. The van der Waals surface area contributed by atoms with Gasteiger partial charge in [-0.1, -0.05) is 60.5 Å². The number of anilines is 1. The van der Waals surface area contributed by atoms with Crippen molar-refractivity contribution in [1.82, 2.24) is 0 Å². The van der Waals surface area contributed by atoms with Crippen molar-refractivity contribution in [2.75, 3.05) is 11.9 Å². The predicted molar refractivity (Wildman–Crippen MR) is 85.3 cm³/mol. The van der Waals surface area contributed by atoms with Crippen LogP contribution in [0.2, 0.25) is 5.02 Å².